The van der Waals surface area contributed by atoms with Gasteiger partial charge in [0.2, 0.25) is 0 Å². The van der Waals surface area contributed by atoms with E-state index in [0.717, 1.165) is 0 Å². The molecule has 0 atom stereocenters. The smallest absolute Gasteiger partial charge is 0.254 e. The molecule has 0 spiro atoms. The van der Waals surface area contributed by atoms with E-state index in [1.807, 2.05) is 13.8 Å². The van der Waals surface area contributed by atoms with Gasteiger partial charge in [-0.3, -0.25) is 4.79 Å². The third kappa shape index (κ3) is 3.53. The Balaban J connectivity index is 2.91. The number of benzene rings is 1. The van der Waals surface area contributed by atoms with Crippen molar-refractivity contribution < 1.29 is 14.3 Å². The fourth-order valence-corrected chi connectivity index (χ4v) is 1.73. The molecule has 0 saturated carbocycles. The first-order chi connectivity index (χ1) is 8.47. The van der Waals surface area contributed by atoms with Crippen LogP contribution in [-0.4, -0.2) is 35.1 Å². The molecule has 0 aliphatic carbocycles. The van der Waals surface area contributed by atoms with Crippen molar-refractivity contribution in [3.05, 3.63) is 35.1 Å². The summed E-state index contributed by atoms with van der Waals surface area (Å²) in [5.41, 5.74) is 0.878. The normalized spacial score (nSPS) is 10.8. The van der Waals surface area contributed by atoms with E-state index in [4.69, 9.17) is 5.11 Å². The first-order valence-electron chi connectivity index (χ1n) is 6.15. The number of halogens is 1. The molecule has 1 aromatic carbocycles. The lowest BCUT2D eigenvalue weighted by molar-refractivity contribution is 0.0692. The lowest BCUT2D eigenvalue weighted by atomic mass is 10.1. The van der Waals surface area contributed by atoms with E-state index in [-0.39, 0.29) is 24.4 Å². The average Bonchev–Trinajstić information content (AvgIpc) is 2.32. The number of hydrogen-bond acceptors (Lipinski definition) is 2. The van der Waals surface area contributed by atoms with Crippen molar-refractivity contribution in [2.75, 3.05) is 13.2 Å². The highest BCUT2D eigenvalue weighted by Gasteiger charge is 2.18. The van der Waals surface area contributed by atoms with Gasteiger partial charge in [-0.05, 0) is 44.9 Å². The Morgan fingerprint density at radius 1 is 1.44 bits per heavy atom. The van der Waals surface area contributed by atoms with Gasteiger partial charge in [0, 0.05) is 24.8 Å². The minimum atomic E-state index is -0.369. The van der Waals surface area contributed by atoms with Crippen LogP contribution in [0.4, 0.5) is 4.39 Å². The minimum absolute atomic E-state index is 0.0217. The average molecular weight is 253 g/mol. The fourth-order valence-electron chi connectivity index (χ4n) is 1.73. The van der Waals surface area contributed by atoms with Gasteiger partial charge in [-0.2, -0.15) is 0 Å². The van der Waals surface area contributed by atoms with Gasteiger partial charge in [-0.25, -0.2) is 4.39 Å². The minimum Gasteiger partial charge on any atom is -0.396 e. The van der Waals surface area contributed by atoms with Crippen LogP contribution in [-0.2, 0) is 0 Å². The highest BCUT2D eigenvalue weighted by atomic mass is 19.1. The van der Waals surface area contributed by atoms with Crippen LogP contribution in [0.25, 0.3) is 0 Å². The van der Waals surface area contributed by atoms with Crippen molar-refractivity contribution in [3.63, 3.8) is 0 Å². The van der Waals surface area contributed by atoms with Gasteiger partial charge < -0.3 is 10.0 Å². The van der Waals surface area contributed by atoms with E-state index in [9.17, 15) is 9.18 Å². The third-order valence-corrected chi connectivity index (χ3v) is 2.86. The zero-order valence-corrected chi connectivity index (χ0v) is 11.1. The highest BCUT2D eigenvalue weighted by Crippen LogP contribution is 2.13. The number of nitrogens with zero attached hydrogens (tertiary/aromatic N) is 1. The maximum absolute atomic E-state index is 13.4. The third-order valence-electron chi connectivity index (χ3n) is 2.86. The Labute approximate surface area is 107 Å². The first kappa shape index (κ1) is 14.6. The first-order valence-corrected chi connectivity index (χ1v) is 6.15. The number of hydrogen-bond donors (Lipinski definition) is 1. The summed E-state index contributed by atoms with van der Waals surface area (Å²) in [4.78, 5) is 13.9. The molecule has 0 fully saturated rings. The molecule has 0 heterocycles. The standard InChI is InChI=1S/C14H20FNO2/c1-10(2)16(7-4-8-17)14(18)12-6-5-11(3)13(15)9-12/h5-6,9-10,17H,4,7-8H2,1-3H3. The molecule has 1 N–H and O–H groups in total. The number of carbonyl (C=O) groups is 1. The second kappa shape index (κ2) is 6.50. The van der Waals surface area contributed by atoms with Crippen LogP contribution in [0.2, 0.25) is 0 Å². The lowest BCUT2D eigenvalue weighted by Crippen LogP contribution is -2.38. The predicted octanol–water partition coefficient (Wildman–Crippen LogP) is 2.37. The topological polar surface area (TPSA) is 40.5 Å². The largest absolute Gasteiger partial charge is 0.396 e. The van der Waals surface area contributed by atoms with E-state index in [2.05, 4.69) is 0 Å². The maximum Gasteiger partial charge on any atom is 0.254 e. The van der Waals surface area contributed by atoms with Crippen LogP contribution in [0.1, 0.15) is 36.2 Å². The summed E-state index contributed by atoms with van der Waals surface area (Å²) in [6.45, 7) is 5.98. The summed E-state index contributed by atoms with van der Waals surface area (Å²) in [5.74, 6) is -0.566. The van der Waals surface area contributed by atoms with Gasteiger partial charge in [0.05, 0.1) is 0 Å². The number of aliphatic hydroxyl groups is 1. The highest BCUT2D eigenvalue weighted by molar-refractivity contribution is 5.94. The molecule has 0 aliphatic rings. The summed E-state index contributed by atoms with van der Waals surface area (Å²) >= 11 is 0. The number of amides is 1. The van der Waals surface area contributed by atoms with Crippen LogP contribution >= 0.6 is 0 Å². The molecule has 3 nitrogen and oxygen atoms in total. The van der Waals surface area contributed by atoms with Crippen molar-refractivity contribution >= 4 is 5.91 Å². The van der Waals surface area contributed by atoms with Crippen molar-refractivity contribution in [1.29, 1.82) is 0 Å². The SMILES string of the molecule is Cc1ccc(C(=O)N(CCCO)C(C)C)cc1F. The molecular formula is C14H20FNO2. The maximum atomic E-state index is 13.4. The van der Waals surface area contributed by atoms with Gasteiger partial charge in [0.1, 0.15) is 5.82 Å². The summed E-state index contributed by atoms with van der Waals surface area (Å²) in [6.07, 6.45) is 0.526. The van der Waals surface area contributed by atoms with Gasteiger partial charge in [0.25, 0.3) is 5.91 Å². The molecule has 0 saturated heterocycles. The van der Waals surface area contributed by atoms with Crippen LogP contribution < -0.4 is 0 Å². The van der Waals surface area contributed by atoms with Crippen LogP contribution in [0.15, 0.2) is 18.2 Å². The Kier molecular flexibility index (Phi) is 5.28. The summed E-state index contributed by atoms with van der Waals surface area (Å²) in [5, 5.41) is 8.83. The zero-order valence-electron chi connectivity index (χ0n) is 11.1. The molecule has 0 bridgehead atoms. The van der Waals surface area contributed by atoms with Crippen LogP contribution in [0.3, 0.4) is 0 Å². The second-order valence-electron chi connectivity index (χ2n) is 4.63. The van der Waals surface area contributed by atoms with Crippen molar-refractivity contribution in [1.82, 2.24) is 4.90 Å². The summed E-state index contributed by atoms with van der Waals surface area (Å²) < 4.78 is 13.4. The Morgan fingerprint density at radius 3 is 2.61 bits per heavy atom. The summed E-state index contributed by atoms with van der Waals surface area (Å²) in [7, 11) is 0. The molecule has 4 heteroatoms. The van der Waals surface area contributed by atoms with E-state index in [0.29, 0.717) is 24.1 Å². The predicted molar refractivity (Wildman–Crippen MR) is 69.0 cm³/mol. The lowest BCUT2D eigenvalue weighted by Gasteiger charge is -2.26. The van der Waals surface area contributed by atoms with E-state index < -0.39 is 0 Å². The molecule has 1 aromatic rings. The molecule has 0 radical (unpaired) electrons. The van der Waals surface area contributed by atoms with Gasteiger partial charge in [-0.1, -0.05) is 6.07 Å². The van der Waals surface area contributed by atoms with Gasteiger partial charge >= 0.3 is 0 Å². The number of rotatable bonds is 5. The Morgan fingerprint density at radius 2 is 2.11 bits per heavy atom. The molecule has 0 unspecified atom stereocenters. The molecule has 1 amide bonds. The fraction of sp³-hybridized carbons (Fsp3) is 0.500. The van der Waals surface area contributed by atoms with Crippen LogP contribution in [0.5, 0.6) is 0 Å². The molecule has 1 rings (SSSR count). The second-order valence-corrected chi connectivity index (χ2v) is 4.63. The number of aryl methyl sites for hydroxylation is 1. The van der Waals surface area contributed by atoms with Crippen molar-refractivity contribution in [2.24, 2.45) is 0 Å². The number of aliphatic hydroxyl groups excluding tert-OH is 1. The van der Waals surface area contributed by atoms with Crippen molar-refractivity contribution in [3.8, 4) is 0 Å². The molecule has 18 heavy (non-hydrogen) atoms. The summed E-state index contributed by atoms with van der Waals surface area (Å²) in [6, 6.07) is 4.53. The van der Waals surface area contributed by atoms with Gasteiger partial charge in [-0.15, -0.1) is 0 Å². The molecule has 0 aromatic heterocycles. The zero-order chi connectivity index (χ0) is 13.7. The quantitative estimate of drug-likeness (QED) is 0.875. The molecule has 100 valence electrons. The van der Waals surface area contributed by atoms with Crippen LogP contribution in [0, 0.1) is 12.7 Å². The van der Waals surface area contributed by atoms with Crippen molar-refractivity contribution in [2.45, 2.75) is 33.2 Å². The number of carbonyl (C=O) groups excluding carboxylic acids is 1. The van der Waals surface area contributed by atoms with E-state index >= 15 is 0 Å². The van der Waals surface area contributed by atoms with E-state index in [1.54, 1.807) is 24.0 Å². The monoisotopic (exact) mass is 253 g/mol. The van der Waals surface area contributed by atoms with E-state index in [1.165, 1.54) is 6.07 Å². The Bertz CT molecular complexity index is 418. The Hall–Kier alpha value is -1.42. The molecule has 0 aliphatic heterocycles. The molecular weight excluding hydrogens is 233 g/mol. The van der Waals surface area contributed by atoms with Gasteiger partial charge in [0.15, 0.2) is 0 Å².